The van der Waals surface area contributed by atoms with Crippen molar-refractivity contribution < 1.29 is 4.74 Å². The molecule has 2 unspecified atom stereocenters. The van der Waals surface area contributed by atoms with Crippen molar-refractivity contribution in [2.75, 3.05) is 6.61 Å². The minimum absolute atomic E-state index is 0.139. The Morgan fingerprint density at radius 1 is 1.38 bits per heavy atom. The molecule has 0 saturated heterocycles. The topological polar surface area (TPSA) is 35.2 Å². The SMILES string of the molecule is CC(C1CC1)C(N)c1cccc2c1OCC2. The predicted octanol–water partition coefficient (Wildman–Crippen LogP) is 2.67. The Balaban J connectivity index is 1.90. The molecule has 1 heterocycles. The van der Waals surface area contributed by atoms with E-state index in [-0.39, 0.29) is 6.04 Å². The van der Waals surface area contributed by atoms with Crippen LogP contribution in [0.1, 0.15) is 36.9 Å². The molecule has 1 aliphatic carbocycles. The molecule has 1 aromatic rings. The first-order valence-corrected chi connectivity index (χ1v) is 6.27. The van der Waals surface area contributed by atoms with Crippen LogP contribution in [0.15, 0.2) is 18.2 Å². The summed E-state index contributed by atoms with van der Waals surface area (Å²) >= 11 is 0. The monoisotopic (exact) mass is 217 g/mol. The summed E-state index contributed by atoms with van der Waals surface area (Å²) in [5, 5.41) is 0. The second-order valence-electron chi connectivity index (χ2n) is 5.16. The fourth-order valence-corrected chi connectivity index (χ4v) is 2.70. The van der Waals surface area contributed by atoms with Gasteiger partial charge in [0.25, 0.3) is 0 Å². The minimum Gasteiger partial charge on any atom is -0.493 e. The molecular formula is C14H19NO. The summed E-state index contributed by atoms with van der Waals surface area (Å²) in [6.45, 7) is 3.09. The number of benzene rings is 1. The maximum atomic E-state index is 6.37. The van der Waals surface area contributed by atoms with Gasteiger partial charge in [0, 0.05) is 18.0 Å². The molecule has 86 valence electrons. The van der Waals surface area contributed by atoms with E-state index < -0.39 is 0 Å². The highest BCUT2D eigenvalue weighted by Crippen LogP contribution is 2.44. The number of para-hydroxylation sites is 1. The first-order valence-electron chi connectivity index (χ1n) is 6.27. The van der Waals surface area contributed by atoms with Crippen LogP contribution in [0.3, 0.4) is 0 Å². The van der Waals surface area contributed by atoms with E-state index in [0.29, 0.717) is 5.92 Å². The van der Waals surface area contributed by atoms with E-state index in [0.717, 1.165) is 24.7 Å². The Morgan fingerprint density at radius 3 is 2.94 bits per heavy atom. The number of hydrogen-bond donors (Lipinski definition) is 1. The predicted molar refractivity (Wildman–Crippen MR) is 64.5 cm³/mol. The molecule has 1 fully saturated rings. The molecule has 2 atom stereocenters. The van der Waals surface area contributed by atoms with Gasteiger partial charge < -0.3 is 10.5 Å². The summed E-state index contributed by atoms with van der Waals surface area (Å²) in [6.07, 6.45) is 3.74. The third-order valence-electron chi connectivity index (χ3n) is 4.04. The van der Waals surface area contributed by atoms with Crippen LogP contribution < -0.4 is 10.5 Å². The van der Waals surface area contributed by atoms with Crippen molar-refractivity contribution >= 4 is 0 Å². The van der Waals surface area contributed by atoms with Crippen LogP contribution in [-0.2, 0) is 6.42 Å². The van der Waals surface area contributed by atoms with Gasteiger partial charge in [-0.15, -0.1) is 0 Å². The minimum atomic E-state index is 0.139. The van der Waals surface area contributed by atoms with Crippen molar-refractivity contribution in [3.63, 3.8) is 0 Å². The molecule has 0 radical (unpaired) electrons. The van der Waals surface area contributed by atoms with Crippen LogP contribution in [0.5, 0.6) is 5.75 Å². The van der Waals surface area contributed by atoms with Gasteiger partial charge in [0.2, 0.25) is 0 Å². The first kappa shape index (κ1) is 10.2. The lowest BCUT2D eigenvalue weighted by molar-refractivity contribution is 0.340. The molecule has 2 aliphatic rings. The van der Waals surface area contributed by atoms with Gasteiger partial charge in [0.15, 0.2) is 0 Å². The van der Waals surface area contributed by atoms with Crippen molar-refractivity contribution in [2.24, 2.45) is 17.6 Å². The highest BCUT2D eigenvalue weighted by Gasteiger charge is 2.34. The smallest absolute Gasteiger partial charge is 0.127 e. The molecule has 2 heteroatoms. The number of rotatable bonds is 3. The van der Waals surface area contributed by atoms with Gasteiger partial charge >= 0.3 is 0 Å². The Bertz CT molecular complexity index is 398. The van der Waals surface area contributed by atoms with E-state index >= 15 is 0 Å². The molecule has 1 aromatic carbocycles. The zero-order chi connectivity index (χ0) is 11.1. The lowest BCUT2D eigenvalue weighted by Crippen LogP contribution is -2.21. The van der Waals surface area contributed by atoms with Gasteiger partial charge in [-0.25, -0.2) is 0 Å². The van der Waals surface area contributed by atoms with Crippen LogP contribution >= 0.6 is 0 Å². The van der Waals surface area contributed by atoms with Crippen molar-refractivity contribution in [3.05, 3.63) is 29.3 Å². The van der Waals surface area contributed by atoms with Crippen LogP contribution in [0, 0.1) is 11.8 Å². The van der Waals surface area contributed by atoms with Crippen LogP contribution in [0.2, 0.25) is 0 Å². The molecule has 1 saturated carbocycles. The van der Waals surface area contributed by atoms with Gasteiger partial charge in [-0.3, -0.25) is 0 Å². The molecule has 0 aromatic heterocycles. The summed E-state index contributed by atoms with van der Waals surface area (Å²) < 4.78 is 5.72. The van der Waals surface area contributed by atoms with Crippen molar-refractivity contribution in [1.82, 2.24) is 0 Å². The van der Waals surface area contributed by atoms with E-state index in [9.17, 15) is 0 Å². The largest absolute Gasteiger partial charge is 0.493 e. The van der Waals surface area contributed by atoms with Crippen LogP contribution in [0.25, 0.3) is 0 Å². The first-order chi connectivity index (χ1) is 7.77. The molecule has 2 nitrogen and oxygen atoms in total. The third-order valence-corrected chi connectivity index (χ3v) is 4.04. The normalized spacial score (nSPS) is 22.4. The summed E-state index contributed by atoms with van der Waals surface area (Å²) in [4.78, 5) is 0. The van der Waals surface area contributed by atoms with Gasteiger partial charge in [-0.2, -0.15) is 0 Å². The zero-order valence-electron chi connectivity index (χ0n) is 9.78. The Hall–Kier alpha value is -1.02. The Morgan fingerprint density at radius 2 is 2.19 bits per heavy atom. The molecule has 0 bridgehead atoms. The Kier molecular flexibility index (Phi) is 2.40. The van der Waals surface area contributed by atoms with E-state index in [1.807, 2.05) is 0 Å². The molecule has 3 rings (SSSR count). The van der Waals surface area contributed by atoms with E-state index in [4.69, 9.17) is 10.5 Å². The van der Waals surface area contributed by atoms with Crippen molar-refractivity contribution in [2.45, 2.75) is 32.2 Å². The highest BCUT2D eigenvalue weighted by molar-refractivity contribution is 5.45. The number of fused-ring (bicyclic) bond motifs is 1. The number of nitrogens with two attached hydrogens (primary N) is 1. The number of hydrogen-bond acceptors (Lipinski definition) is 2. The van der Waals surface area contributed by atoms with Crippen LogP contribution in [-0.4, -0.2) is 6.61 Å². The summed E-state index contributed by atoms with van der Waals surface area (Å²) in [5.74, 6) is 2.49. The average molecular weight is 217 g/mol. The molecular weight excluding hydrogens is 198 g/mol. The third kappa shape index (κ3) is 1.61. The standard InChI is InChI=1S/C14H19NO/c1-9(10-5-6-10)13(15)12-4-2-3-11-7-8-16-14(11)12/h2-4,9-10,13H,5-8,15H2,1H3. The number of ether oxygens (including phenoxy) is 1. The highest BCUT2D eigenvalue weighted by atomic mass is 16.5. The van der Waals surface area contributed by atoms with Crippen molar-refractivity contribution in [1.29, 1.82) is 0 Å². The lowest BCUT2D eigenvalue weighted by atomic mass is 9.90. The molecule has 0 spiro atoms. The second-order valence-corrected chi connectivity index (χ2v) is 5.16. The summed E-state index contributed by atoms with van der Waals surface area (Å²) in [5.41, 5.74) is 8.92. The molecule has 2 N–H and O–H groups in total. The van der Waals surface area contributed by atoms with Crippen LogP contribution in [0.4, 0.5) is 0 Å². The van der Waals surface area contributed by atoms with Crippen molar-refractivity contribution in [3.8, 4) is 5.75 Å². The maximum Gasteiger partial charge on any atom is 0.127 e. The fourth-order valence-electron chi connectivity index (χ4n) is 2.70. The molecule has 1 aliphatic heterocycles. The van der Waals surface area contributed by atoms with E-state index in [2.05, 4.69) is 25.1 Å². The zero-order valence-corrected chi connectivity index (χ0v) is 9.78. The van der Waals surface area contributed by atoms with E-state index in [1.54, 1.807) is 0 Å². The summed E-state index contributed by atoms with van der Waals surface area (Å²) in [6, 6.07) is 6.54. The Labute approximate surface area is 96.8 Å². The second kappa shape index (κ2) is 3.77. The summed E-state index contributed by atoms with van der Waals surface area (Å²) in [7, 11) is 0. The lowest BCUT2D eigenvalue weighted by Gasteiger charge is -2.21. The molecule has 0 amide bonds. The van der Waals surface area contributed by atoms with Gasteiger partial charge in [-0.1, -0.05) is 25.1 Å². The van der Waals surface area contributed by atoms with Gasteiger partial charge in [0.1, 0.15) is 5.75 Å². The average Bonchev–Trinajstić information content (AvgIpc) is 3.04. The van der Waals surface area contributed by atoms with E-state index in [1.165, 1.54) is 24.0 Å². The maximum absolute atomic E-state index is 6.37. The van der Waals surface area contributed by atoms with Gasteiger partial charge in [0.05, 0.1) is 6.61 Å². The van der Waals surface area contributed by atoms with Gasteiger partial charge in [-0.05, 0) is 30.2 Å². The fraction of sp³-hybridized carbons (Fsp3) is 0.571. The molecule has 16 heavy (non-hydrogen) atoms. The quantitative estimate of drug-likeness (QED) is 0.844.